The fourth-order valence-corrected chi connectivity index (χ4v) is 4.69. The van der Waals surface area contributed by atoms with Crippen molar-refractivity contribution >= 4 is 15.9 Å². The first-order valence-electron chi connectivity index (χ1n) is 11.8. The van der Waals surface area contributed by atoms with Crippen molar-refractivity contribution in [2.45, 2.75) is 32.4 Å². The van der Waals surface area contributed by atoms with Crippen molar-refractivity contribution in [1.82, 2.24) is 29.8 Å². The van der Waals surface area contributed by atoms with Crippen LogP contribution < -0.4 is 0 Å². The highest BCUT2D eigenvalue weighted by Gasteiger charge is 2.37. The molecule has 0 saturated heterocycles. The van der Waals surface area contributed by atoms with Crippen molar-refractivity contribution < 1.29 is 26.3 Å². The molecule has 2 heterocycles. The lowest BCUT2D eigenvalue weighted by molar-refractivity contribution is -0.143. The Kier molecular flexibility index (Phi) is 7.25. The number of benzene rings is 3. The van der Waals surface area contributed by atoms with Gasteiger partial charge in [-0.1, -0.05) is 69.7 Å². The molecular formula is C27H19BrF6N6. The van der Waals surface area contributed by atoms with E-state index in [0.29, 0.717) is 41.6 Å². The molecule has 0 bridgehead atoms. The van der Waals surface area contributed by atoms with Gasteiger partial charge in [-0.25, -0.2) is 4.68 Å². The molecule has 0 saturated carbocycles. The normalized spacial score (nSPS) is 12.2. The second-order valence-electron chi connectivity index (χ2n) is 8.97. The van der Waals surface area contributed by atoms with Gasteiger partial charge in [0.25, 0.3) is 0 Å². The lowest BCUT2D eigenvalue weighted by Crippen LogP contribution is -2.13. The molecule has 0 fully saturated rings. The minimum Gasteiger partial charge on any atom is -0.305 e. The molecule has 3 aromatic carbocycles. The average molecular weight is 621 g/mol. The highest BCUT2D eigenvalue weighted by atomic mass is 79.9. The van der Waals surface area contributed by atoms with Crippen LogP contribution >= 0.6 is 15.9 Å². The zero-order valence-corrected chi connectivity index (χ0v) is 22.3. The zero-order chi connectivity index (χ0) is 28.7. The van der Waals surface area contributed by atoms with Gasteiger partial charge in [-0.2, -0.15) is 26.3 Å². The van der Waals surface area contributed by atoms with E-state index in [-0.39, 0.29) is 17.3 Å². The van der Waals surface area contributed by atoms with Crippen LogP contribution in [0.5, 0.6) is 0 Å². The number of alkyl halides is 6. The van der Waals surface area contributed by atoms with Gasteiger partial charge >= 0.3 is 12.4 Å². The Morgan fingerprint density at radius 1 is 0.750 bits per heavy atom. The van der Waals surface area contributed by atoms with E-state index >= 15 is 0 Å². The number of rotatable bonds is 6. The second kappa shape index (κ2) is 10.5. The molecule has 0 atom stereocenters. The van der Waals surface area contributed by atoms with Crippen LogP contribution in [0.25, 0.3) is 22.8 Å². The third-order valence-electron chi connectivity index (χ3n) is 6.20. The summed E-state index contributed by atoms with van der Waals surface area (Å²) in [5.74, 6) is 0.922. The van der Waals surface area contributed by atoms with E-state index in [9.17, 15) is 26.3 Å². The number of aromatic nitrogens is 6. The molecule has 0 aliphatic rings. The largest absolute Gasteiger partial charge is 0.416 e. The highest BCUT2D eigenvalue weighted by molar-refractivity contribution is 9.10. The zero-order valence-electron chi connectivity index (χ0n) is 20.7. The lowest BCUT2D eigenvalue weighted by atomic mass is 10.0. The Bertz CT molecular complexity index is 1620. The van der Waals surface area contributed by atoms with Gasteiger partial charge < -0.3 is 4.57 Å². The fraction of sp³-hybridized carbons (Fsp3) is 0.185. The molecule has 0 aliphatic heterocycles. The van der Waals surface area contributed by atoms with Crippen LogP contribution in [0, 0.1) is 6.92 Å². The third-order valence-corrected chi connectivity index (χ3v) is 6.97. The van der Waals surface area contributed by atoms with Crippen LogP contribution in [-0.4, -0.2) is 29.8 Å². The van der Waals surface area contributed by atoms with Gasteiger partial charge in [-0.15, -0.1) is 15.3 Å². The molecule has 2 aromatic heterocycles. The summed E-state index contributed by atoms with van der Waals surface area (Å²) in [7, 11) is 0. The summed E-state index contributed by atoms with van der Waals surface area (Å²) in [6.45, 7) is 1.74. The van der Waals surface area contributed by atoms with Crippen LogP contribution in [0.4, 0.5) is 26.3 Å². The number of aryl methyl sites for hydroxylation is 1. The predicted molar refractivity (Wildman–Crippen MR) is 138 cm³/mol. The van der Waals surface area contributed by atoms with Crippen molar-refractivity contribution in [3.05, 3.63) is 105 Å². The van der Waals surface area contributed by atoms with Gasteiger partial charge in [-0.05, 0) is 42.3 Å². The minimum absolute atomic E-state index is 0.0986. The Hall–Kier alpha value is -4.00. The van der Waals surface area contributed by atoms with Gasteiger partial charge in [0.2, 0.25) is 0 Å². The summed E-state index contributed by atoms with van der Waals surface area (Å²) < 4.78 is 84.8. The molecule has 5 rings (SSSR count). The van der Waals surface area contributed by atoms with E-state index in [1.165, 1.54) is 4.68 Å². The molecule has 0 N–H and O–H groups in total. The molecular weight excluding hydrogens is 602 g/mol. The smallest absolute Gasteiger partial charge is 0.305 e. The van der Waals surface area contributed by atoms with Gasteiger partial charge in [0.05, 0.1) is 24.2 Å². The van der Waals surface area contributed by atoms with Gasteiger partial charge in [0, 0.05) is 10.0 Å². The Labute approximate surface area is 232 Å². The van der Waals surface area contributed by atoms with Crippen molar-refractivity contribution in [2.75, 3.05) is 0 Å². The first kappa shape index (κ1) is 27.6. The molecule has 5 aromatic rings. The molecule has 0 radical (unpaired) electrons. The molecule has 0 aliphatic carbocycles. The van der Waals surface area contributed by atoms with Crippen LogP contribution in [-0.2, 0) is 25.4 Å². The molecule has 0 unspecified atom stereocenters. The van der Waals surface area contributed by atoms with E-state index in [2.05, 4.69) is 36.4 Å². The second-order valence-corrected chi connectivity index (χ2v) is 9.83. The van der Waals surface area contributed by atoms with E-state index in [1.54, 1.807) is 37.3 Å². The van der Waals surface area contributed by atoms with Crippen LogP contribution in [0.3, 0.4) is 0 Å². The van der Waals surface area contributed by atoms with E-state index < -0.39 is 30.0 Å². The van der Waals surface area contributed by atoms with Crippen LogP contribution in [0.1, 0.15) is 28.1 Å². The quantitative estimate of drug-likeness (QED) is 0.185. The van der Waals surface area contributed by atoms with E-state index in [0.717, 1.165) is 10.0 Å². The Morgan fingerprint density at radius 2 is 1.38 bits per heavy atom. The Morgan fingerprint density at radius 3 is 2.00 bits per heavy atom. The molecule has 0 amide bonds. The minimum atomic E-state index is -4.97. The van der Waals surface area contributed by atoms with Crippen molar-refractivity contribution in [2.24, 2.45) is 0 Å². The van der Waals surface area contributed by atoms with Crippen molar-refractivity contribution in [3.8, 4) is 22.8 Å². The average Bonchev–Trinajstić information content (AvgIpc) is 3.47. The lowest BCUT2D eigenvalue weighted by Gasteiger charge is -2.15. The fourth-order valence-electron chi connectivity index (χ4n) is 4.28. The molecule has 40 heavy (non-hydrogen) atoms. The number of halogens is 7. The maximum atomic E-state index is 13.5. The standard InChI is InChI=1S/C27H19BrF6N6/c1-16-35-37-25(39(16)15-19-9-5-6-10-22(19)28)23-24(18-7-3-2-4-8-18)40(38-36-23)14-17-11-20(26(29,30)31)13-21(12-17)27(32,33)34/h2-13H,14-15H2,1H3. The highest BCUT2D eigenvalue weighted by Crippen LogP contribution is 2.37. The van der Waals surface area contributed by atoms with E-state index in [1.807, 2.05) is 28.8 Å². The molecule has 0 spiro atoms. The molecule has 6 nitrogen and oxygen atoms in total. The summed E-state index contributed by atoms with van der Waals surface area (Å²) in [5.41, 5.74) is -0.858. The summed E-state index contributed by atoms with van der Waals surface area (Å²) in [6.07, 6.45) is -9.93. The van der Waals surface area contributed by atoms with Crippen LogP contribution in [0.15, 0.2) is 77.3 Å². The van der Waals surface area contributed by atoms with Gasteiger partial charge in [0.15, 0.2) is 11.5 Å². The van der Waals surface area contributed by atoms with Gasteiger partial charge in [0.1, 0.15) is 11.5 Å². The van der Waals surface area contributed by atoms with Crippen LogP contribution in [0.2, 0.25) is 0 Å². The number of hydrogen-bond acceptors (Lipinski definition) is 4. The third kappa shape index (κ3) is 5.64. The summed E-state index contributed by atoms with van der Waals surface area (Å²) in [5, 5.41) is 16.9. The topological polar surface area (TPSA) is 61.4 Å². The predicted octanol–water partition coefficient (Wildman–Crippen LogP) is 7.41. The summed E-state index contributed by atoms with van der Waals surface area (Å²) >= 11 is 3.53. The summed E-state index contributed by atoms with van der Waals surface area (Å²) in [6, 6.07) is 17.8. The van der Waals surface area contributed by atoms with Gasteiger partial charge in [-0.3, -0.25) is 0 Å². The SMILES string of the molecule is Cc1nnc(-c2nnn(Cc3cc(C(F)(F)F)cc(C(F)(F)F)c3)c2-c2ccccc2)n1Cc1ccccc1Br. The molecule has 206 valence electrons. The Balaban J connectivity index is 1.64. The molecule has 13 heteroatoms. The first-order valence-corrected chi connectivity index (χ1v) is 12.6. The summed E-state index contributed by atoms with van der Waals surface area (Å²) in [4.78, 5) is 0. The maximum absolute atomic E-state index is 13.5. The van der Waals surface area contributed by atoms with Crippen molar-refractivity contribution in [1.29, 1.82) is 0 Å². The number of nitrogens with zero attached hydrogens (tertiary/aromatic N) is 6. The van der Waals surface area contributed by atoms with Crippen molar-refractivity contribution in [3.63, 3.8) is 0 Å². The number of hydrogen-bond donors (Lipinski definition) is 0. The van der Waals surface area contributed by atoms with E-state index in [4.69, 9.17) is 0 Å². The maximum Gasteiger partial charge on any atom is 0.416 e. The first-order chi connectivity index (χ1) is 18.9. The monoisotopic (exact) mass is 620 g/mol.